The summed E-state index contributed by atoms with van der Waals surface area (Å²) in [6.45, 7) is 0.115. The third kappa shape index (κ3) is 3.45. The highest BCUT2D eigenvalue weighted by Gasteiger charge is 2.17. The number of nitrogens with zero attached hydrogens (tertiary/aromatic N) is 1. The molecular formula is C14H16BNO5. The molecule has 0 fully saturated rings. The largest absolute Gasteiger partial charge is 0.493 e. The van der Waals surface area contributed by atoms with E-state index >= 15 is 0 Å². The van der Waals surface area contributed by atoms with E-state index in [1.54, 1.807) is 43.6 Å². The first kappa shape index (κ1) is 15.1. The lowest BCUT2D eigenvalue weighted by atomic mass is 9.79. The number of methoxy groups -OCH3 is 2. The minimum atomic E-state index is -1.60. The third-order valence-electron chi connectivity index (χ3n) is 2.93. The maximum absolute atomic E-state index is 9.30. The van der Waals surface area contributed by atoms with E-state index in [2.05, 4.69) is 4.98 Å². The summed E-state index contributed by atoms with van der Waals surface area (Å²) in [5.74, 6) is 1.42. The predicted octanol–water partition coefficient (Wildman–Crippen LogP) is 0.358. The molecular weight excluding hydrogens is 273 g/mol. The van der Waals surface area contributed by atoms with Gasteiger partial charge in [-0.05, 0) is 6.07 Å². The predicted molar refractivity (Wildman–Crippen MR) is 77.9 cm³/mol. The number of pyridine rings is 1. The van der Waals surface area contributed by atoms with Crippen molar-refractivity contribution in [2.45, 2.75) is 6.61 Å². The van der Waals surface area contributed by atoms with Crippen molar-refractivity contribution in [3.05, 3.63) is 42.2 Å². The quantitative estimate of drug-likeness (QED) is 0.747. The molecule has 1 aromatic heterocycles. The number of hydrogen-bond donors (Lipinski definition) is 2. The molecule has 1 aromatic carbocycles. The molecule has 0 aliphatic carbocycles. The van der Waals surface area contributed by atoms with Gasteiger partial charge in [-0.25, -0.2) is 0 Å². The maximum Gasteiger partial charge on any atom is 0.492 e. The second-order valence-corrected chi connectivity index (χ2v) is 4.19. The number of benzene rings is 1. The molecule has 0 saturated heterocycles. The second-order valence-electron chi connectivity index (χ2n) is 4.19. The van der Waals surface area contributed by atoms with E-state index in [0.29, 0.717) is 28.4 Å². The van der Waals surface area contributed by atoms with E-state index < -0.39 is 7.12 Å². The summed E-state index contributed by atoms with van der Waals surface area (Å²) in [6, 6.07) is 8.37. The van der Waals surface area contributed by atoms with E-state index in [-0.39, 0.29) is 6.61 Å². The average Bonchev–Trinajstić information content (AvgIpc) is 2.52. The number of ether oxygens (including phenoxy) is 3. The first-order valence-electron chi connectivity index (χ1n) is 6.31. The van der Waals surface area contributed by atoms with Gasteiger partial charge in [-0.1, -0.05) is 18.2 Å². The topological polar surface area (TPSA) is 81.0 Å². The highest BCUT2D eigenvalue weighted by atomic mass is 16.5. The molecule has 2 rings (SSSR count). The Kier molecular flexibility index (Phi) is 5.02. The third-order valence-corrected chi connectivity index (χ3v) is 2.93. The van der Waals surface area contributed by atoms with Crippen molar-refractivity contribution < 1.29 is 24.3 Å². The molecule has 0 bridgehead atoms. The van der Waals surface area contributed by atoms with Crippen LogP contribution in [0.15, 0.2) is 36.5 Å². The molecule has 0 saturated carbocycles. The molecule has 0 atom stereocenters. The standard InChI is InChI=1S/C14H16BNO5/c1-19-13-7-8-16-11(14(13)20-2)9-21-12-6-4-3-5-10(12)15(17)18/h3-8,17-18H,9H2,1-2H3. The Balaban J connectivity index is 2.21. The van der Waals surface area contributed by atoms with E-state index in [1.807, 2.05) is 0 Å². The molecule has 1 heterocycles. The van der Waals surface area contributed by atoms with Crippen LogP contribution in [0.4, 0.5) is 0 Å². The summed E-state index contributed by atoms with van der Waals surface area (Å²) in [6.07, 6.45) is 1.59. The van der Waals surface area contributed by atoms with Crippen molar-refractivity contribution >= 4 is 12.6 Å². The van der Waals surface area contributed by atoms with E-state index in [1.165, 1.54) is 7.11 Å². The molecule has 0 spiro atoms. The van der Waals surface area contributed by atoms with Crippen LogP contribution in [0.5, 0.6) is 17.2 Å². The number of para-hydroxylation sites is 1. The Hall–Kier alpha value is -2.25. The fourth-order valence-electron chi connectivity index (χ4n) is 1.92. The lowest BCUT2D eigenvalue weighted by molar-refractivity contribution is 0.285. The zero-order chi connectivity index (χ0) is 15.2. The molecule has 21 heavy (non-hydrogen) atoms. The number of aromatic nitrogens is 1. The van der Waals surface area contributed by atoms with E-state index in [9.17, 15) is 10.0 Å². The van der Waals surface area contributed by atoms with Crippen LogP contribution in [0.1, 0.15) is 5.69 Å². The van der Waals surface area contributed by atoms with Gasteiger partial charge in [-0.2, -0.15) is 0 Å². The fourth-order valence-corrected chi connectivity index (χ4v) is 1.92. The Labute approximate surface area is 123 Å². The van der Waals surface area contributed by atoms with Gasteiger partial charge in [0.1, 0.15) is 18.1 Å². The zero-order valence-electron chi connectivity index (χ0n) is 11.8. The van der Waals surface area contributed by atoms with Crippen LogP contribution in [-0.4, -0.2) is 36.4 Å². The SMILES string of the molecule is COc1ccnc(COc2ccccc2B(O)O)c1OC. The molecule has 2 N–H and O–H groups in total. The summed E-state index contributed by atoms with van der Waals surface area (Å²) >= 11 is 0. The Morgan fingerprint density at radius 2 is 1.81 bits per heavy atom. The summed E-state index contributed by atoms with van der Waals surface area (Å²) in [5.41, 5.74) is 0.846. The fraction of sp³-hybridized carbons (Fsp3) is 0.214. The van der Waals surface area contributed by atoms with Gasteiger partial charge < -0.3 is 24.3 Å². The highest BCUT2D eigenvalue weighted by molar-refractivity contribution is 6.59. The second kappa shape index (κ2) is 6.96. The van der Waals surface area contributed by atoms with Crippen LogP contribution in [-0.2, 0) is 6.61 Å². The normalized spacial score (nSPS) is 10.1. The van der Waals surface area contributed by atoms with Gasteiger partial charge in [0.25, 0.3) is 0 Å². The van der Waals surface area contributed by atoms with E-state index in [4.69, 9.17) is 14.2 Å². The van der Waals surface area contributed by atoms with Crippen molar-refractivity contribution in [1.82, 2.24) is 4.98 Å². The lowest BCUT2D eigenvalue weighted by Gasteiger charge is -2.14. The van der Waals surface area contributed by atoms with Crippen molar-refractivity contribution in [2.75, 3.05) is 14.2 Å². The van der Waals surface area contributed by atoms with Gasteiger partial charge >= 0.3 is 7.12 Å². The van der Waals surface area contributed by atoms with Crippen LogP contribution in [0, 0.1) is 0 Å². The number of rotatable bonds is 6. The Bertz CT molecular complexity index is 606. The molecule has 0 unspecified atom stereocenters. The molecule has 0 radical (unpaired) electrons. The Morgan fingerprint density at radius 3 is 2.48 bits per heavy atom. The van der Waals surface area contributed by atoms with Gasteiger partial charge in [0, 0.05) is 17.7 Å². The van der Waals surface area contributed by atoms with Gasteiger partial charge in [0.2, 0.25) is 0 Å². The average molecular weight is 289 g/mol. The smallest absolute Gasteiger partial charge is 0.492 e. The van der Waals surface area contributed by atoms with Crippen molar-refractivity contribution in [1.29, 1.82) is 0 Å². The molecule has 2 aromatic rings. The monoisotopic (exact) mass is 289 g/mol. The summed E-state index contributed by atoms with van der Waals surface area (Å²) in [4.78, 5) is 4.19. The van der Waals surface area contributed by atoms with Crippen molar-refractivity contribution in [3.63, 3.8) is 0 Å². The molecule has 7 heteroatoms. The van der Waals surface area contributed by atoms with Crippen LogP contribution in [0.25, 0.3) is 0 Å². The first-order valence-corrected chi connectivity index (χ1v) is 6.31. The minimum Gasteiger partial charge on any atom is -0.493 e. The molecule has 0 aliphatic heterocycles. The summed E-state index contributed by atoms with van der Waals surface area (Å²) in [7, 11) is 1.47. The van der Waals surface area contributed by atoms with Gasteiger partial charge in [0.15, 0.2) is 11.5 Å². The summed E-state index contributed by atoms with van der Waals surface area (Å²) < 4.78 is 16.1. The molecule has 110 valence electrons. The Morgan fingerprint density at radius 1 is 1.05 bits per heavy atom. The van der Waals surface area contributed by atoms with Crippen LogP contribution in [0.3, 0.4) is 0 Å². The molecule has 0 amide bonds. The zero-order valence-corrected chi connectivity index (χ0v) is 11.8. The van der Waals surface area contributed by atoms with Crippen molar-refractivity contribution in [3.8, 4) is 17.2 Å². The molecule has 0 aliphatic rings. The number of hydrogen-bond acceptors (Lipinski definition) is 6. The van der Waals surface area contributed by atoms with Gasteiger partial charge in [-0.15, -0.1) is 0 Å². The van der Waals surface area contributed by atoms with Crippen molar-refractivity contribution in [2.24, 2.45) is 0 Å². The first-order chi connectivity index (χ1) is 10.2. The summed E-state index contributed by atoms with van der Waals surface area (Å²) in [5, 5.41) is 18.6. The van der Waals surface area contributed by atoms with Crippen LogP contribution < -0.4 is 19.7 Å². The minimum absolute atomic E-state index is 0.115. The van der Waals surface area contributed by atoms with Gasteiger partial charge in [-0.3, -0.25) is 4.98 Å². The van der Waals surface area contributed by atoms with Crippen LogP contribution >= 0.6 is 0 Å². The maximum atomic E-state index is 9.30. The van der Waals surface area contributed by atoms with Gasteiger partial charge in [0.05, 0.1) is 14.2 Å². The van der Waals surface area contributed by atoms with Crippen LogP contribution in [0.2, 0.25) is 0 Å². The van der Waals surface area contributed by atoms with E-state index in [0.717, 1.165) is 0 Å². The molecule has 6 nitrogen and oxygen atoms in total. The highest BCUT2D eigenvalue weighted by Crippen LogP contribution is 2.29. The lowest BCUT2D eigenvalue weighted by Crippen LogP contribution is -2.31.